The van der Waals surface area contributed by atoms with Crippen LogP contribution in [0.25, 0.3) is 5.69 Å². The fraction of sp³-hybridized carbons (Fsp3) is 0.400. The third-order valence-electron chi connectivity index (χ3n) is 3.22. The molecule has 0 aliphatic carbocycles. The third kappa shape index (κ3) is 3.51. The van der Waals surface area contributed by atoms with Crippen LogP contribution in [0.5, 0.6) is 0 Å². The fourth-order valence-electron chi connectivity index (χ4n) is 2.20. The Hall–Kier alpha value is -1.66. The van der Waals surface area contributed by atoms with E-state index >= 15 is 0 Å². The number of sulfonamides is 1. The molecule has 2 rings (SSSR count). The summed E-state index contributed by atoms with van der Waals surface area (Å²) in [5, 5.41) is 0. The predicted octanol–water partition coefficient (Wildman–Crippen LogP) is 2.68. The van der Waals surface area contributed by atoms with Crippen LogP contribution in [0.2, 0.25) is 0 Å². The zero-order valence-corrected chi connectivity index (χ0v) is 13.3. The minimum absolute atomic E-state index is 0.341. The third-order valence-corrected chi connectivity index (χ3v) is 5.14. The SMILES string of the molecule is CCCN(CCC)S(=O)(=O)c1ccc(-n2ccnc2)cc1. The molecule has 0 amide bonds. The smallest absolute Gasteiger partial charge is 0.243 e. The van der Waals surface area contributed by atoms with Gasteiger partial charge in [-0.1, -0.05) is 13.8 Å². The van der Waals surface area contributed by atoms with Crippen molar-refractivity contribution in [1.29, 1.82) is 0 Å². The van der Waals surface area contributed by atoms with Gasteiger partial charge >= 0.3 is 0 Å². The number of hydrogen-bond donors (Lipinski definition) is 0. The molecule has 2 aromatic rings. The van der Waals surface area contributed by atoms with E-state index in [1.807, 2.05) is 24.6 Å². The van der Waals surface area contributed by atoms with Crippen LogP contribution in [0.3, 0.4) is 0 Å². The highest BCUT2D eigenvalue weighted by Gasteiger charge is 2.22. The summed E-state index contributed by atoms with van der Waals surface area (Å²) in [6.45, 7) is 5.08. The highest BCUT2D eigenvalue weighted by molar-refractivity contribution is 7.89. The van der Waals surface area contributed by atoms with E-state index in [4.69, 9.17) is 0 Å². The van der Waals surface area contributed by atoms with Gasteiger partial charge in [0.1, 0.15) is 0 Å². The van der Waals surface area contributed by atoms with Gasteiger partial charge in [-0.15, -0.1) is 0 Å². The molecule has 0 aliphatic heterocycles. The second kappa shape index (κ2) is 6.87. The van der Waals surface area contributed by atoms with E-state index in [0.29, 0.717) is 18.0 Å². The first-order valence-corrected chi connectivity index (χ1v) is 8.62. The summed E-state index contributed by atoms with van der Waals surface area (Å²) in [6.07, 6.45) is 6.82. The lowest BCUT2D eigenvalue weighted by molar-refractivity contribution is 0.410. The molecule has 0 saturated heterocycles. The molecule has 21 heavy (non-hydrogen) atoms. The average Bonchev–Trinajstić information content (AvgIpc) is 3.01. The molecule has 1 heterocycles. The molecular weight excluding hydrogens is 286 g/mol. The zero-order valence-electron chi connectivity index (χ0n) is 12.4. The van der Waals surface area contributed by atoms with Crippen LogP contribution in [0.4, 0.5) is 0 Å². The van der Waals surface area contributed by atoms with Crippen LogP contribution >= 0.6 is 0 Å². The second-order valence-electron chi connectivity index (χ2n) is 4.87. The monoisotopic (exact) mass is 307 g/mol. The van der Waals surface area contributed by atoms with Crippen molar-refractivity contribution in [3.05, 3.63) is 43.0 Å². The number of nitrogens with zero attached hydrogens (tertiary/aromatic N) is 3. The van der Waals surface area contributed by atoms with Gasteiger partial charge in [-0.3, -0.25) is 0 Å². The van der Waals surface area contributed by atoms with Gasteiger partial charge in [-0.05, 0) is 37.1 Å². The van der Waals surface area contributed by atoms with Crippen molar-refractivity contribution >= 4 is 10.0 Å². The van der Waals surface area contributed by atoms with Gasteiger partial charge in [-0.2, -0.15) is 4.31 Å². The summed E-state index contributed by atoms with van der Waals surface area (Å²) in [5.74, 6) is 0. The Balaban J connectivity index is 2.27. The Kier molecular flexibility index (Phi) is 5.14. The van der Waals surface area contributed by atoms with Gasteiger partial charge in [0.05, 0.1) is 11.2 Å². The molecule has 0 spiro atoms. The molecule has 0 unspecified atom stereocenters. The van der Waals surface area contributed by atoms with Gasteiger partial charge in [0.15, 0.2) is 0 Å². The molecule has 5 nitrogen and oxygen atoms in total. The minimum Gasteiger partial charge on any atom is -0.306 e. The molecule has 0 radical (unpaired) electrons. The first kappa shape index (κ1) is 15.7. The summed E-state index contributed by atoms with van der Waals surface area (Å²) in [5.41, 5.74) is 0.893. The normalized spacial score (nSPS) is 12.0. The Bertz CT molecular complexity index is 643. The topological polar surface area (TPSA) is 55.2 Å². The average molecular weight is 307 g/mol. The largest absolute Gasteiger partial charge is 0.306 e. The van der Waals surface area contributed by atoms with E-state index in [-0.39, 0.29) is 0 Å². The van der Waals surface area contributed by atoms with Crippen molar-refractivity contribution in [2.75, 3.05) is 13.1 Å². The number of benzene rings is 1. The van der Waals surface area contributed by atoms with E-state index in [2.05, 4.69) is 4.98 Å². The molecule has 0 fully saturated rings. The van der Waals surface area contributed by atoms with Crippen molar-refractivity contribution in [2.45, 2.75) is 31.6 Å². The highest BCUT2D eigenvalue weighted by atomic mass is 32.2. The minimum atomic E-state index is -3.40. The number of aromatic nitrogens is 2. The summed E-state index contributed by atoms with van der Waals surface area (Å²) in [7, 11) is -3.40. The molecule has 0 N–H and O–H groups in total. The summed E-state index contributed by atoms with van der Waals surface area (Å²) in [6, 6.07) is 6.90. The van der Waals surface area contributed by atoms with E-state index in [9.17, 15) is 8.42 Å². The first-order chi connectivity index (χ1) is 10.1. The van der Waals surface area contributed by atoms with Crippen molar-refractivity contribution in [1.82, 2.24) is 13.9 Å². The molecular formula is C15H21N3O2S. The molecule has 114 valence electrons. The maximum atomic E-state index is 12.6. The lowest BCUT2D eigenvalue weighted by atomic mass is 10.3. The van der Waals surface area contributed by atoms with E-state index in [1.54, 1.807) is 41.1 Å². The van der Waals surface area contributed by atoms with Crippen molar-refractivity contribution in [3.8, 4) is 5.69 Å². The number of imidazole rings is 1. The number of hydrogen-bond acceptors (Lipinski definition) is 3. The van der Waals surface area contributed by atoms with Crippen LogP contribution in [-0.2, 0) is 10.0 Å². The summed E-state index contributed by atoms with van der Waals surface area (Å²) < 4.78 is 28.6. The Morgan fingerprint density at radius 3 is 2.19 bits per heavy atom. The maximum Gasteiger partial charge on any atom is 0.243 e. The van der Waals surface area contributed by atoms with E-state index in [0.717, 1.165) is 18.5 Å². The summed E-state index contributed by atoms with van der Waals surface area (Å²) >= 11 is 0. The fourth-order valence-corrected chi connectivity index (χ4v) is 3.83. The molecule has 0 saturated carbocycles. The van der Waals surface area contributed by atoms with Crippen LogP contribution < -0.4 is 0 Å². The molecule has 1 aromatic carbocycles. The van der Waals surface area contributed by atoms with Gasteiger partial charge < -0.3 is 4.57 Å². The van der Waals surface area contributed by atoms with Crippen molar-refractivity contribution in [2.24, 2.45) is 0 Å². The first-order valence-electron chi connectivity index (χ1n) is 7.18. The van der Waals surface area contributed by atoms with Crippen molar-refractivity contribution < 1.29 is 8.42 Å². The van der Waals surface area contributed by atoms with Crippen LogP contribution in [-0.4, -0.2) is 35.4 Å². The quantitative estimate of drug-likeness (QED) is 0.790. The van der Waals surface area contributed by atoms with Crippen LogP contribution in [0.15, 0.2) is 47.9 Å². The molecule has 0 atom stereocenters. The second-order valence-corrected chi connectivity index (χ2v) is 6.81. The van der Waals surface area contributed by atoms with Gasteiger partial charge in [0.25, 0.3) is 0 Å². The predicted molar refractivity (Wildman–Crippen MR) is 82.9 cm³/mol. The van der Waals surface area contributed by atoms with Crippen LogP contribution in [0, 0.1) is 0 Å². The lowest BCUT2D eigenvalue weighted by Crippen LogP contribution is -2.32. The Morgan fingerprint density at radius 1 is 1.10 bits per heavy atom. The van der Waals surface area contributed by atoms with Gasteiger partial charge in [0, 0.05) is 31.2 Å². The van der Waals surface area contributed by atoms with Crippen molar-refractivity contribution in [3.63, 3.8) is 0 Å². The number of rotatable bonds is 7. The summed E-state index contributed by atoms with van der Waals surface area (Å²) in [4.78, 5) is 4.32. The molecule has 6 heteroatoms. The highest BCUT2D eigenvalue weighted by Crippen LogP contribution is 2.18. The van der Waals surface area contributed by atoms with Gasteiger partial charge in [-0.25, -0.2) is 13.4 Å². The maximum absolute atomic E-state index is 12.6. The van der Waals surface area contributed by atoms with Gasteiger partial charge in [0.2, 0.25) is 10.0 Å². The zero-order chi connectivity index (χ0) is 15.3. The molecule has 0 bridgehead atoms. The lowest BCUT2D eigenvalue weighted by Gasteiger charge is -2.21. The molecule has 0 aliphatic rings. The van der Waals surface area contributed by atoms with E-state index < -0.39 is 10.0 Å². The van der Waals surface area contributed by atoms with E-state index in [1.165, 1.54) is 0 Å². The Labute approximate surface area is 126 Å². The standard InChI is InChI=1S/C15H21N3O2S/c1-3-10-18(11-4-2)21(19,20)15-7-5-14(6-8-15)17-12-9-16-13-17/h5-9,12-13H,3-4,10-11H2,1-2H3. The Morgan fingerprint density at radius 2 is 1.71 bits per heavy atom. The van der Waals surface area contributed by atoms with Crippen LogP contribution in [0.1, 0.15) is 26.7 Å². The molecule has 1 aromatic heterocycles.